The molecule has 0 radical (unpaired) electrons. The quantitative estimate of drug-likeness (QED) is 0.482. The molecule has 0 saturated heterocycles. The Labute approximate surface area is 182 Å². The van der Waals surface area contributed by atoms with Crippen LogP contribution in [0.5, 0.6) is 5.75 Å². The first kappa shape index (κ1) is 20.1. The fourth-order valence-corrected chi connectivity index (χ4v) is 3.89. The zero-order chi connectivity index (χ0) is 22.4. The number of imidazole rings is 1. The Hall–Kier alpha value is -3.82. The average molecular weight is 437 g/mol. The average Bonchev–Trinajstić information content (AvgIpc) is 3.11. The fourth-order valence-electron chi connectivity index (χ4n) is 3.89. The van der Waals surface area contributed by atoms with Crippen LogP contribution >= 0.6 is 0 Å². The van der Waals surface area contributed by atoms with Crippen molar-refractivity contribution in [2.45, 2.75) is 26.8 Å². The third-order valence-electron chi connectivity index (χ3n) is 5.21. The third kappa shape index (κ3) is 3.47. The zero-order valence-electron chi connectivity index (χ0n) is 17.8. The summed E-state index contributed by atoms with van der Waals surface area (Å²) in [5.74, 6) is 1.36. The molecule has 0 spiro atoms. The Morgan fingerprint density at radius 3 is 2.78 bits per heavy atom. The van der Waals surface area contributed by atoms with Gasteiger partial charge in [0.25, 0.3) is 0 Å². The Bertz CT molecular complexity index is 1340. The van der Waals surface area contributed by atoms with Gasteiger partial charge >= 0.3 is 0 Å². The number of hydrogen-bond acceptors (Lipinski definition) is 7. The topological polar surface area (TPSA) is 89.8 Å². The minimum Gasteiger partial charge on any atom is -0.488 e. The van der Waals surface area contributed by atoms with Gasteiger partial charge in [0.05, 0.1) is 18.3 Å². The molecular weight excluding hydrogens is 416 g/mol. The number of benzene rings is 1. The maximum atomic E-state index is 14.8. The first-order chi connectivity index (χ1) is 15.4. The number of anilines is 3. The lowest BCUT2D eigenvalue weighted by molar-refractivity contribution is 0.321. The standard InChI is InChI=1S/C22H21F2N7O/c1-11(2)31-12(3)27-20-14(23)8-13(9-16(20)31)19-15(24)10-26-22(30-19)29-18-5-4-17-21(28-18)25-6-7-32-17/h4-5,8-11H,6-7H2,1-3H3,(H2,25,26,28,29,30). The van der Waals surface area contributed by atoms with Gasteiger partial charge in [-0.05, 0) is 45.0 Å². The van der Waals surface area contributed by atoms with E-state index in [1.807, 2.05) is 25.3 Å². The molecule has 0 fully saturated rings. The van der Waals surface area contributed by atoms with Gasteiger partial charge in [-0.15, -0.1) is 0 Å². The van der Waals surface area contributed by atoms with Crippen LogP contribution in [0.1, 0.15) is 25.7 Å². The Morgan fingerprint density at radius 1 is 1.12 bits per heavy atom. The maximum absolute atomic E-state index is 14.8. The molecule has 0 unspecified atom stereocenters. The van der Waals surface area contributed by atoms with E-state index in [1.54, 1.807) is 18.2 Å². The number of nitrogens with zero attached hydrogens (tertiary/aromatic N) is 5. The van der Waals surface area contributed by atoms with E-state index in [0.29, 0.717) is 47.4 Å². The first-order valence-electron chi connectivity index (χ1n) is 10.3. The van der Waals surface area contributed by atoms with E-state index >= 15 is 0 Å². The fraction of sp³-hybridized carbons (Fsp3) is 0.273. The second kappa shape index (κ2) is 7.70. The van der Waals surface area contributed by atoms with Crippen LogP contribution in [-0.2, 0) is 0 Å². The van der Waals surface area contributed by atoms with Gasteiger partial charge in [-0.3, -0.25) is 0 Å². The van der Waals surface area contributed by atoms with Crippen LogP contribution in [-0.4, -0.2) is 37.7 Å². The van der Waals surface area contributed by atoms with Gasteiger partial charge in [0.1, 0.15) is 29.5 Å². The van der Waals surface area contributed by atoms with Crippen LogP contribution in [0.3, 0.4) is 0 Å². The van der Waals surface area contributed by atoms with Gasteiger partial charge < -0.3 is 19.9 Å². The van der Waals surface area contributed by atoms with E-state index in [1.165, 1.54) is 6.07 Å². The smallest absolute Gasteiger partial charge is 0.229 e. The molecule has 1 aliphatic heterocycles. The van der Waals surface area contributed by atoms with E-state index < -0.39 is 11.6 Å². The lowest BCUT2D eigenvalue weighted by atomic mass is 10.1. The minimum atomic E-state index is -0.657. The molecule has 2 N–H and O–H groups in total. The van der Waals surface area contributed by atoms with Gasteiger partial charge in [-0.25, -0.2) is 28.7 Å². The minimum absolute atomic E-state index is 0.0168. The second-order valence-electron chi connectivity index (χ2n) is 7.78. The van der Waals surface area contributed by atoms with Crippen molar-refractivity contribution in [3.05, 3.63) is 47.9 Å². The molecule has 164 valence electrons. The van der Waals surface area contributed by atoms with Crippen molar-refractivity contribution in [1.29, 1.82) is 0 Å². The summed E-state index contributed by atoms with van der Waals surface area (Å²) in [7, 11) is 0. The molecule has 4 heterocycles. The summed E-state index contributed by atoms with van der Waals surface area (Å²) in [5, 5.41) is 6.12. The third-order valence-corrected chi connectivity index (χ3v) is 5.21. The van der Waals surface area contributed by atoms with Crippen molar-refractivity contribution < 1.29 is 13.5 Å². The van der Waals surface area contributed by atoms with Gasteiger partial charge in [0.15, 0.2) is 23.2 Å². The number of rotatable bonds is 4. The zero-order valence-corrected chi connectivity index (χ0v) is 17.8. The van der Waals surface area contributed by atoms with Crippen LogP contribution in [0.4, 0.5) is 26.4 Å². The summed E-state index contributed by atoms with van der Waals surface area (Å²) >= 11 is 0. The predicted octanol–water partition coefficient (Wildman–Crippen LogP) is 4.60. The molecule has 3 aromatic heterocycles. The van der Waals surface area contributed by atoms with Crippen molar-refractivity contribution >= 4 is 28.6 Å². The summed E-state index contributed by atoms with van der Waals surface area (Å²) in [6.07, 6.45) is 1.05. The second-order valence-corrected chi connectivity index (χ2v) is 7.78. The van der Waals surface area contributed by atoms with E-state index in [-0.39, 0.29) is 23.2 Å². The van der Waals surface area contributed by atoms with Crippen LogP contribution in [0.2, 0.25) is 0 Å². The highest BCUT2D eigenvalue weighted by Crippen LogP contribution is 2.31. The number of hydrogen-bond donors (Lipinski definition) is 2. The molecule has 0 bridgehead atoms. The Kier molecular flexibility index (Phi) is 4.84. The van der Waals surface area contributed by atoms with Gasteiger partial charge in [0, 0.05) is 11.6 Å². The Balaban J connectivity index is 1.54. The highest BCUT2D eigenvalue weighted by molar-refractivity contribution is 5.83. The molecule has 1 aliphatic rings. The Morgan fingerprint density at radius 2 is 1.97 bits per heavy atom. The molecule has 1 aromatic carbocycles. The molecule has 0 atom stereocenters. The van der Waals surface area contributed by atoms with Crippen molar-refractivity contribution in [3.63, 3.8) is 0 Å². The van der Waals surface area contributed by atoms with Crippen molar-refractivity contribution in [1.82, 2.24) is 24.5 Å². The molecule has 0 amide bonds. The van der Waals surface area contributed by atoms with E-state index in [0.717, 1.165) is 6.20 Å². The number of fused-ring (bicyclic) bond motifs is 2. The van der Waals surface area contributed by atoms with E-state index in [4.69, 9.17) is 4.74 Å². The van der Waals surface area contributed by atoms with Gasteiger partial charge in [0.2, 0.25) is 5.95 Å². The SMILES string of the molecule is Cc1nc2c(F)cc(-c3nc(Nc4ccc5c(n4)NCCO5)ncc3F)cc2n1C(C)C. The highest BCUT2D eigenvalue weighted by Gasteiger charge is 2.19. The maximum Gasteiger partial charge on any atom is 0.229 e. The monoisotopic (exact) mass is 437 g/mol. The summed E-state index contributed by atoms with van der Waals surface area (Å²) in [4.78, 5) is 17.1. The van der Waals surface area contributed by atoms with Gasteiger partial charge in [-0.2, -0.15) is 0 Å². The predicted molar refractivity (Wildman–Crippen MR) is 117 cm³/mol. The van der Waals surface area contributed by atoms with Crippen LogP contribution in [0.25, 0.3) is 22.3 Å². The highest BCUT2D eigenvalue weighted by atomic mass is 19.1. The van der Waals surface area contributed by atoms with Crippen LogP contribution < -0.4 is 15.4 Å². The molecule has 5 rings (SSSR count). The number of ether oxygens (including phenoxy) is 1. The van der Waals surface area contributed by atoms with Crippen molar-refractivity contribution in [3.8, 4) is 17.0 Å². The molecule has 0 saturated carbocycles. The first-order valence-corrected chi connectivity index (χ1v) is 10.3. The molecule has 10 heteroatoms. The summed E-state index contributed by atoms with van der Waals surface area (Å²) in [6, 6.07) is 6.50. The summed E-state index contributed by atoms with van der Waals surface area (Å²) in [5.41, 5.74) is 1.12. The molecule has 4 aromatic rings. The molecular formula is C22H21F2N7O. The molecule has 0 aliphatic carbocycles. The van der Waals surface area contributed by atoms with Crippen molar-refractivity contribution in [2.75, 3.05) is 23.8 Å². The van der Waals surface area contributed by atoms with Crippen LogP contribution in [0, 0.1) is 18.6 Å². The number of halogens is 2. The number of nitrogens with one attached hydrogen (secondary N) is 2. The largest absolute Gasteiger partial charge is 0.488 e. The van der Waals surface area contributed by atoms with Gasteiger partial charge in [-0.1, -0.05) is 0 Å². The lowest BCUT2D eigenvalue weighted by Crippen LogP contribution is -2.19. The molecule has 8 nitrogen and oxygen atoms in total. The van der Waals surface area contributed by atoms with E-state index in [9.17, 15) is 8.78 Å². The van der Waals surface area contributed by atoms with Crippen molar-refractivity contribution in [2.24, 2.45) is 0 Å². The lowest BCUT2D eigenvalue weighted by Gasteiger charge is -2.18. The molecule has 32 heavy (non-hydrogen) atoms. The number of aryl methyl sites for hydroxylation is 1. The summed E-state index contributed by atoms with van der Waals surface area (Å²) < 4.78 is 36.9. The van der Waals surface area contributed by atoms with E-state index in [2.05, 4.69) is 30.6 Å². The van der Waals surface area contributed by atoms with Crippen LogP contribution in [0.15, 0.2) is 30.5 Å². The normalized spacial score (nSPS) is 13.1. The summed E-state index contributed by atoms with van der Waals surface area (Å²) in [6.45, 7) is 7.01. The number of pyridine rings is 1. The number of aromatic nitrogens is 5.